The smallest absolute Gasteiger partial charge is 0.258 e. The van der Waals surface area contributed by atoms with Crippen molar-refractivity contribution in [3.05, 3.63) is 35.4 Å². The Morgan fingerprint density at radius 2 is 1.75 bits per heavy atom. The Balaban J connectivity index is 2.27. The van der Waals surface area contributed by atoms with Crippen LogP contribution in [0, 0.1) is 11.6 Å². The molecule has 1 aliphatic carbocycles. The molecule has 2 rings (SSSR count). The topological polar surface area (TPSA) is 55.1 Å². The van der Waals surface area contributed by atoms with Gasteiger partial charge in [-0.2, -0.15) is 0 Å². The van der Waals surface area contributed by atoms with Crippen molar-refractivity contribution in [3.63, 3.8) is 0 Å². The van der Waals surface area contributed by atoms with Gasteiger partial charge in [0.05, 0.1) is 10.5 Å². The molecule has 0 heterocycles. The molecule has 108 valence electrons. The van der Waals surface area contributed by atoms with Crippen molar-refractivity contribution < 1.29 is 13.6 Å². The van der Waals surface area contributed by atoms with Crippen molar-refractivity contribution in [2.45, 2.75) is 37.6 Å². The first kappa shape index (κ1) is 14.8. The highest BCUT2D eigenvalue weighted by atomic mass is 32.1. The number of carbonyl (C=O) groups is 1. The van der Waals surface area contributed by atoms with Crippen molar-refractivity contribution in [3.8, 4) is 0 Å². The molecular weight excluding hydrogens is 282 g/mol. The maximum atomic E-state index is 13.6. The van der Waals surface area contributed by atoms with E-state index in [1.165, 1.54) is 6.07 Å². The molecule has 1 aliphatic rings. The highest BCUT2D eigenvalue weighted by molar-refractivity contribution is 7.80. The van der Waals surface area contributed by atoms with Gasteiger partial charge in [-0.25, -0.2) is 8.78 Å². The minimum atomic E-state index is -0.892. The van der Waals surface area contributed by atoms with Crippen LogP contribution in [0.4, 0.5) is 8.78 Å². The zero-order valence-corrected chi connectivity index (χ0v) is 11.7. The van der Waals surface area contributed by atoms with Gasteiger partial charge >= 0.3 is 0 Å². The van der Waals surface area contributed by atoms with Gasteiger partial charge in [0.2, 0.25) is 0 Å². The van der Waals surface area contributed by atoms with E-state index >= 15 is 0 Å². The number of benzene rings is 1. The second kappa shape index (κ2) is 5.83. The molecule has 6 heteroatoms. The van der Waals surface area contributed by atoms with Gasteiger partial charge in [-0.1, -0.05) is 37.5 Å². The predicted octanol–water partition coefficient (Wildman–Crippen LogP) is 2.68. The molecule has 0 spiro atoms. The van der Waals surface area contributed by atoms with E-state index in [0.29, 0.717) is 12.8 Å². The van der Waals surface area contributed by atoms with E-state index in [1.54, 1.807) is 0 Å². The molecule has 1 aromatic carbocycles. The van der Waals surface area contributed by atoms with Gasteiger partial charge in [-0.15, -0.1) is 0 Å². The molecule has 0 aliphatic heterocycles. The quantitative estimate of drug-likeness (QED) is 0.844. The number of halogens is 2. The average molecular weight is 298 g/mol. The zero-order chi connectivity index (χ0) is 14.8. The fourth-order valence-electron chi connectivity index (χ4n) is 2.58. The average Bonchev–Trinajstić information content (AvgIpc) is 2.39. The molecule has 0 bridgehead atoms. The van der Waals surface area contributed by atoms with Crippen molar-refractivity contribution in [1.82, 2.24) is 5.32 Å². The maximum absolute atomic E-state index is 13.6. The number of hydrogen-bond acceptors (Lipinski definition) is 2. The standard InChI is InChI=1S/C14H16F2N2OS/c15-9-5-4-6-10(16)11(9)12(19)18-14(13(17)20)7-2-1-3-8-14/h4-6H,1-3,7-8H2,(H2,17,20)(H,18,19). The van der Waals surface area contributed by atoms with E-state index in [9.17, 15) is 13.6 Å². The Bertz CT molecular complexity index is 522. The summed E-state index contributed by atoms with van der Waals surface area (Å²) < 4.78 is 27.2. The lowest BCUT2D eigenvalue weighted by Gasteiger charge is -2.37. The Hall–Kier alpha value is -1.56. The van der Waals surface area contributed by atoms with E-state index in [-0.39, 0.29) is 4.99 Å². The van der Waals surface area contributed by atoms with E-state index in [1.807, 2.05) is 0 Å². The van der Waals surface area contributed by atoms with Crippen molar-refractivity contribution in [1.29, 1.82) is 0 Å². The number of amides is 1. The molecule has 3 nitrogen and oxygen atoms in total. The van der Waals surface area contributed by atoms with E-state index in [4.69, 9.17) is 18.0 Å². The van der Waals surface area contributed by atoms with Crippen LogP contribution in [0.2, 0.25) is 0 Å². The van der Waals surface area contributed by atoms with Crippen LogP contribution in [0.15, 0.2) is 18.2 Å². The molecule has 0 atom stereocenters. The Kier molecular flexibility index (Phi) is 4.32. The number of thiocarbonyl (C=S) groups is 1. The SMILES string of the molecule is NC(=S)C1(NC(=O)c2c(F)cccc2F)CCCCC1. The molecular formula is C14H16F2N2OS. The Morgan fingerprint density at radius 1 is 1.20 bits per heavy atom. The lowest BCUT2D eigenvalue weighted by atomic mass is 9.81. The van der Waals surface area contributed by atoms with Gasteiger partial charge in [-0.3, -0.25) is 4.79 Å². The van der Waals surface area contributed by atoms with Gasteiger partial charge in [0.15, 0.2) is 0 Å². The Labute approximate surface area is 121 Å². The molecule has 0 aromatic heterocycles. The van der Waals surface area contributed by atoms with E-state index in [2.05, 4.69) is 5.32 Å². The van der Waals surface area contributed by atoms with Crippen molar-refractivity contribution in [2.24, 2.45) is 5.73 Å². The normalized spacial score (nSPS) is 17.5. The summed E-state index contributed by atoms with van der Waals surface area (Å²) in [5, 5.41) is 2.64. The Morgan fingerprint density at radius 3 is 2.25 bits per heavy atom. The molecule has 1 amide bonds. The molecule has 1 aromatic rings. The minimum absolute atomic E-state index is 0.169. The largest absolute Gasteiger partial charge is 0.391 e. The van der Waals surface area contributed by atoms with Gasteiger partial charge in [-0.05, 0) is 25.0 Å². The molecule has 20 heavy (non-hydrogen) atoms. The first-order valence-corrected chi connectivity index (χ1v) is 6.93. The molecule has 0 radical (unpaired) electrons. The maximum Gasteiger partial charge on any atom is 0.258 e. The van der Waals surface area contributed by atoms with Crippen LogP contribution in [-0.4, -0.2) is 16.4 Å². The van der Waals surface area contributed by atoms with Crippen LogP contribution >= 0.6 is 12.2 Å². The van der Waals surface area contributed by atoms with Crippen LogP contribution < -0.4 is 11.1 Å². The van der Waals surface area contributed by atoms with Gasteiger partial charge < -0.3 is 11.1 Å². The summed E-state index contributed by atoms with van der Waals surface area (Å²) in [4.78, 5) is 12.3. The molecule has 3 N–H and O–H groups in total. The van der Waals surface area contributed by atoms with Crippen molar-refractivity contribution >= 4 is 23.1 Å². The van der Waals surface area contributed by atoms with E-state index < -0.39 is 28.6 Å². The monoisotopic (exact) mass is 298 g/mol. The highest BCUT2D eigenvalue weighted by Gasteiger charge is 2.37. The third kappa shape index (κ3) is 2.80. The lowest BCUT2D eigenvalue weighted by molar-refractivity contribution is 0.0900. The second-order valence-corrected chi connectivity index (χ2v) is 5.50. The number of rotatable bonds is 3. The summed E-state index contributed by atoms with van der Waals surface area (Å²) in [5.74, 6) is -2.59. The summed E-state index contributed by atoms with van der Waals surface area (Å²) in [7, 11) is 0. The van der Waals surface area contributed by atoms with Gasteiger partial charge in [0.25, 0.3) is 5.91 Å². The lowest BCUT2D eigenvalue weighted by Crippen LogP contribution is -2.57. The summed E-state index contributed by atoms with van der Waals surface area (Å²) in [6.07, 6.45) is 3.98. The number of nitrogens with one attached hydrogen (secondary N) is 1. The third-order valence-corrected chi connectivity index (χ3v) is 4.11. The molecule has 1 saturated carbocycles. The summed E-state index contributed by atoms with van der Waals surface area (Å²) in [6.45, 7) is 0. The number of carbonyl (C=O) groups excluding carboxylic acids is 1. The molecule has 0 unspecified atom stereocenters. The minimum Gasteiger partial charge on any atom is -0.391 e. The summed E-state index contributed by atoms with van der Waals surface area (Å²) >= 11 is 5.04. The predicted molar refractivity (Wildman–Crippen MR) is 76.4 cm³/mol. The first-order valence-electron chi connectivity index (χ1n) is 6.53. The number of nitrogens with two attached hydrogens (primary N) is 1. The van der Waals surface area contributed by atoms with Crippen LogP contribution in [0.3, 0.4) is 0 Å². The van der Waals surface area contributed by atoms with Gasteiger partial charge in [0.1, 0.15) is 17.2 Å². The third-order valence-electron chi connectivity index (χ3n) is 3.72. The van der Waals surface area contributed by atoms with Gasteiger partial charge in [0, 0.05) is 0 Å². The fraction of sp³-hybridized carbons (Fsp3) is 0.429. The summed E-state index contributed by atoms with van der Waals surface area (Å²) in [5.41, 5.74) is 4.31. The first-order chi connectivity index (χ1) is 9.46. The van der Waals surface area contributed by atoms with Crippen LogP contribution in [0.1, 0.15) is 42.5 Å². The summed E-state index contributed by atoms with van der Waals surface area (Å²) in [6, 6.07) is 3.31. The molecule has 0 saturated heterocycles. The molecule has 1 fully saturated rings. The van der Waals surface area contributed by atoms with Crippen LogP contribution in [-0.2, 0) is 0 Å². The fourth-order valence-corrected chi connectivity index (χ4v) is 2.84. The van der Waals surface area contributed by atoms with Crippen molar-refractivity contribution in [2.75, 3.05) is 0 Å². The second-order valence-electron chi connectivity index (χ2n) is 5.06. The number of hydrogen-bond donors (Lipinski definition) is 2. The van der Waals surface area contributed by atoms with E-state index in [0.717, 1.165) is 31.4 Å². The highest BCUT2D eigenvalue weighted by Crippen LogP contribution is 2.29. The van der Waals surface area contributed by atoms with Crippen LogP contribution in [0.25, 0.3) is 0 Å². The van der Waals surface area contributed by atoms with Crippen LogP contribution in [0.5, 0.6) is 0 Å². The zero-order valence-electron chi connectivity index (χ0n) is 10.9.